The van der Waals surface area contributed by atoms with Crippen molar-refractivity contribution < 1.29 is 0 Å². The number of likely N-dealkylation sites (tertiary alicyclic amines) is 2. The Morgan fingerprint density at radius 2 is 1.45 bits per heavy atom. The van der Waals surface area contributed by atoms with E-state index >= 15 is 0 Å². The van der Waals surface area contributed by atoms with Gasteiger partial charge in [-0.2, -0.15) is 0 Å². The normalized spacial score (nSPS) is 24.8. The van der Waals surface area contributed by atoms with Gasteiger partial charge in [0.2, 0.25) is 0 Å². The van der Waals surface area contributed by atoms with E-state index in [2.05, 4.69) is 25.7 Å². The van der Waals surface area contributed by atoms with Crippen LogP contribution in [0.5, 0.6) is 0 Å². The maximum atomic E-state index is 3.50. The summed E-state index contributed by atoms with van der Waals surface area (Å²) in [5.74, 6) is 0. The maximum Gasteiger partial charge on any atom is 0.0235 e. The Morgan fingerprint density at radius 3 is 2.15 bits per heavy atom. The molecule has 1 atom stereocenters. The van der Waals surface area contributed by atoms with Crippen LogP contribution in [0.25, 0.3) is 0 Å². The lowest BCUT2D eigenvalue weighted by Crippen LogP contribution is -2.35. The molecule has 0 aliphatic carbocycles. The molecule has 2 aliphatic heterocycles. The van der Waals surface area contributed by atoms with Crippen molar-refractivity contribution in [3.63, 3.8) is 0 Å². The molecule has 20 heavy (non-hydrogen) atoms. The minimum absolute atomic E-state index is 0.891. The fraction of sp³-hybridized carbons (Fsp3) is 1.00. The Kier molecular flexibility index (Phi) is 8.53. The summed E-state index contributed by atoms with van der Waals surface area (Å²) >= 11 is 3.50. The first-order valence-corrected chi connectivity index (χ1v) is 10.0. The van der Waals surface area contributed by atoms with Crippen molar-refractivity contribution in [2.24, 2.45) is 0 Å². The van der Waals surface area contributed by atoms with E-state index in [1.54, 1.807) is 0 Å². The van der Waals surface area contributed by atoms with Crippen molar-refractivity contribution in [2.45, 2.75) is 70.3 Å². The smallest absolute Gasteiger partial charge is 0.0235 e. The van der Waals surface area contributed by atoms with Gasteiger partial charge in [0.05, 0.1) is 0 Å². The van der Waals surface area contributed by atoms with Crippen molar-refractivity contribution in [1.82, 2.24) is 9.80 Å². The standard InChI is InChI=1S/C17H33BrN2/c18-11-6-4-2-1-3-5-7-12-19-15-10-17(16-19)20-13-8-9-14-20/h17H,1-16H2. The van der Waals surface area contributed by atoms with Crippen LogP contribution >= 0.6 is 15.9 Å². The predicted octanol–water partition coefficient (Wildman–Crippen LogP) is 4.28. The molecule has 2 fully saturated rings. The monoisotopic (exact) mass is 344 g/mol. The molecule has 0 spiro atoms. The number of nitrogens with zero attached hydrogens (tertiary/aromatic N) is 2. The highest BCUT2D eigenvalue weighted by atomic mass is 79.9. The number of alkyl halides is 1. The van der Waals surface area contributed by atoms with Gasteiger partial charge in [-0.25, -0.2) is 0 Å². The molecule has 0 saturated carbocycles. The van der Waals surface area contributed by atoms with Crippen LogP contribution in [0.3, 0.4) is 0 Å². The van der Waals surface area contributed by atoms with E-state index < -0.39 is 0 Å². The summed E-state index contributed by atoms with van der Waals surface area (Å²) in [5, 5.41) is 1.18. The summed E-state index contributed by atoms with van der Waals surface area (Å²) in [6, 6.07) is 0.891. The molecule has 2 aliphatic rings. The number of halogens is 1. The molecule has 0 aromatic heterocycles. The molecule has 0 aromatic carbocycles. The summed E-state index contributed by atoms with van der Waals surface area (Å²) in [5.41, 5.74) is 0. The molecule has 2 rings (SSSR count). The van der Waals surface area contributed by atoms with Crippen LogP contribution in [0.1, 0.15) is 64.2 Å². The second kappa shape index (κ2) is 10.2. The minimum atomic E-state index is 0.891. The van der Waals surface area contributed by atoms with E-state index in [0.717, 1.165) is 6.04 Å². The van der Waals surface area contributed by atoms with Crippen molar-refractivity contribution in [2.75, 3.05) is 38.1 Å². The van der Waals surface area contributed by atoms with Crippen LogP contribution < -0.4 is 0 Å². The van der Waals surface area contributed by atoms with Crippen LogP contribution in [-0.2, 0) is 0 Å². The third-order valence-corrected chi connectivity index (χ3v) is 5.57. The Bertz CT molecular complexity index is 241. The average molecular weight is 345 g/mol. The molecule has 2 saturated heterocycles. The molecular weight excluding hydrogens is 312 g/mol. The molecule has 0 radical (unpaired) electrons. The lowest BCUT2D eigenvalue weighted by Gasteiger charge is -2.23. The first-order chi connectivity index (χ1) is 9.90. The molecule has 0 amide bonds. The number of unbranched alkanes of at least 4 members (excludes halogenated alkanes) is 6. The van der Waals surface area contributed by atoms with Crippen LogP contribution in [0.15, 0.2) is 0 Å². The van der Waals surface area contributed by atoms with Gasteiger partial charge in [0, 0.05) is 17.9 Å². The van der Waals surface area contributed by atoms with Crippen LogP contribution in [0.4, 0.5) is 0 Å². The highest BCUT2D eigenvalue weighted by molar-refractivity contribution is 9.09. The van der Waals surface area contributed by atoms with Gasteiger partial charge in [-0.3, -0.25) is 4.90 Å². The summed E-state index contributed by atoms with van der Waals surface area (Å²) in [6.07, 6.45) is 14.3. The Hall–Kier alpha value is 0.400. The SMILES string of the molecule is BrCCCCCCCCCN1CCC(N2CCCC2)C1. The zero-order valence-corrected chi connectivity index (χ0v) is 14.7. The minimum Gasteiger partial charge on any atom is -0.302 e. The fourth-order valence-corrected chi connectivity index (χ4v) is 4.13. The second-order valence-electron chi connectivity index (χ2n) is 6.65. The molecule has 0 bridgehead atoms. The highest BCUT2D eigenvalue weighted by Gasteiger charge is 2.28. The van der Waals surface area contributed by atoms with Gasteiger partial charge in [-0.1, -0.05) is 48.0 Å². The van der Waals surface area contributed by atoms with E-state index in [-0.39, 0.29) is 0 Å². The van der Waals surface area contributed by atoms with E-state index in [0.29, 0.717) is 0 Å². The summed E-state index contributed by atoms with van der Waals surface area (Å²) < 4.78 is 0. The van der Waals surface area contributed by atoms with Crippen molar-refractivity contribution in [3.05, 3.63) is 0 Å². The van der Waals surface area contributed by atoms with Crippen LogP contribution in [0, 0.1) is 0 Å². The molecule has 1 unspecified atom stereocenters. The Labute approximate surface area is 134 Å². The molecule has 118 valence electrons. The summed E-state index contributed by atoms with van der Waals surface area (Å²) in [7, 11) is 0. The van der Waals surface area contributed by atoms with Gasteiger partial charge in [-0.05, 0) is 58.3 Å². The van der Waals surface area contributed by atoms with Gasteiger partial charge >= 0.3 is 0 Å². The molecular formula is C17H33BrN2. The van der Waals surface area contributed by atoms with Gasteiger partial charge in [0.15, 0.2) is 0 Å². The van der Waals surface area contributed by atoms with Crippen LogP contribution in [0.2, 0.25) is 0 Å². The number of hydrogen-bond donors (Lipinski definition) is 0. The van der Waals surface area contributed by atoms with E-state index in [4.69, 9.17) is 0 Å². The second-order valence-corrected chi connectivity index (χ2v) is 7.44. The molecule has 2 heterocycles. The van der Waals surface area contributed by atoms with Crippen LogP contribution in [-0.4, -0.2) is 53.9 Å². The summed E-state index contributed by atoms with van der Waals surface area (Å²) in [4.78, 5) is 5.46. The third kappa shape index (κ3) is 6.03. The zero-order chi connectivity index (χ0) is 14.0. The predicted molar refractivity (Wildman–Crippen MR) is 91.8 cm³/mol. The van der Waals surface area contributed by atoms with Gasteiger partial charge in [0.1, 0.15) is 0 Å². The first-order valence-electron chi connectivity index (χ1n) is 8.92. The first kappa shape index (κ1) is 16.8. The van der Waals surface area contributed by atoms with Crippen molar-refractivity contribution in [3.8, 4) is 0 Å². The molecule has 0 aromatic rings. The molecule has 3 heteroatoms. The van der Waals surface area contributed by atoms with Gasteiger partial charge in [0.25, 0.3) is 0 Å². The van der Waals surface area contributed by atoms with Crippen molar-refractivity contribution >= 4 is 15.9 Å². The van der Waals surface area contributed by atoms with Gasteiger partial charge in [-0.15, -0.1) is 0 Å². The quantitative estimate of drug-likeness (QED) is 0.431. The van der Waals surface area contributed by atoms with E-state index in [1.807, 2.05) is 0 Å². The lowest BCUT2D eigenvalue weighted by molar-refractivity contribution is 0.231. The van der Waals surface area contributed by atoms with E-state index in [9.17, 15) is 0 Å². The Morgan fingerprint density at radius 1 is 0.800 bits per heavy atom. The Balaban J connectivity index is 1.43. The number of rotatable bonds is 10. The van der Waals surface area contributed by atoms with E-state index in [1.165, 1.54) is 102 Å². The topological polar surface area (TPSA) is 6.48 Å². The third-order valence-electron chi connectivity index (χ3n) is 5.01. The average Bonchev–Trinajstić information content (AvgIpc) is 3.12. The zero-order valence-electron chi connectivity index (χ0n) is 13.2. The largest absolute Gasteiger partial charge is 0.302 e. The number of hydrogen-bond acceptors (Lipinski definition) is 2. The summed E-state index contributed by atoms with van der Waals surface area (Å²) in [6.45, 7) is 6.79. The highest BCUT2D eigenvalue weighted by Crippen LogP contribution is 2.20. The molecule has 0 N–H and O–H groups in total. The lowest BCUT2D eigenvalue weighted by atomic mass is 10.1. The molecule has 2 nitrogen and oxygen atoms in total. The maximum absolute atomic E-state index is 3.50. The van der Waals surface area contributed by atoms with Gasteiger partial charge < -0.3 is 4.90 Å². The van der Waals surface area contributed by atoms with Crippen molar-refractivity contribution in [1.29, 1.82) is 0 Å². The fourth-order valence-electron chi connectivity index (χ4n) is 3.73.